The van der Waals surface area contributed by atoms with Crippen LogP contribution in [0, 0.1) is 10.1 Å². The molecule has 168 valence electrons. The topological polar surface area (TPSA) is 76.6 Å². The summed E-state index contributed by atoms with van der Waals surface area (Å²) in [5, 5.41) is 11.0. The zero-order valence-electron chi connectivity index (χ0n) is 16.1. The van der Waals surface area contributed by atoms with Crippen molar-refractivity contribution in [1.29, 1.82) is 0 Å². The van der Waals surface area contributed by atoms with Crippen molar-refractivity contribution in [3.8, 4) is 11.3 Å². The third-order valence-electron chi connectivity index (χ3n) is 4.55. The number of nitro groups is 1. The molecule has 0 N–H and O–H groups in total. The lowest BCUT2D eigenvalue weighted by atomic mass is 10.1. The van der Waals surface area contributed by atoms with Gasteiger partial charge in [0.15, 0.2) is 4.32 Å². The second kappa shape index (κ2) is 8.65. The molecule has 1 aliphatic heterocycles. The number of furan rings is 1. The second-order valence-corrected chi connectivity index (χ2v) is 8.77. The summed E-state index contributed by atoms with van der Waals surface area (Å²) in [5.41, 5.74) is -0.644. The summed E-state index contributed by atoms with van der Waals surface area (Å²) in [7, 11) is 0. The van der Waals surface area contributed by atoms with Gasteiger partial charge < -0.3 is 4.42 Å². The van der Waals surface area contributed by atoms with E-state index in [1.807, 2.05) is 0 Å². The Kier molecular flexibility index (Phi) is 6.04. The number of benzene rings is 2. The molecule has 12 heteroatoms. The van der Waals surface area contributed by atoms with Crippen molar-refractivity contribution in [3.05, 3.63) is 86.0 Å². The standard InChI is InChI=1S/C21H10ClF3N2O4S2/c22-16-9-13(27(29)30)4-6-15(16)17-7-5-14(31-17)10-18-19(28)26(20(32)33-18)12-3-1-2-11(8-12)21(23,24)25/h1-10H/b18-10+. The summed E-state index contributed by atoms with van der Waals surface area (Å²) in [5.74, 6) is -0.00545. The van der Waals surface area contributed by atoms with Crippen LogP contribution in [0.3, 0.4) is 0 Å². The molecule has 0 aliphatic carbocycles. The fourth-order valence-corrected chi connectivity index (χ4v) is 4.58. The van der Waals surface area contributed by atoms with Crippen molar-refractivity contribution in [2.45, 2.75) is 6.18 Å². The number of anilines is 1. The molecule has 1 saturated heterocycles. The predicted molar refractivity (Wildman–Crippen MR) is 123 cm³/mol. The fraction of sp³-hybridized carbons (Fsp3) is 0.0476. The highest BCUT2D eigenvalue weighted by molar-refractivity contribution is 8.27. The molecular weight excluding hydrogens is 501 g/mol. The number of carbonyl (C=O) groups is 1. The summed E-state index contributed by atoms with van der Waals surface area (Å²) in [6.45, 7) is 0. The lowest BCUT2D eigenvalue weighted by Crippen LogP contribution is -2.27. The number of non-ortho nitro benzene ring substituents is 1. The highest BCUT2D eigenvalue weighted by atomic mass is 35.5. The molecule has 1 aliphatic rings. The summed E-state index contributed by atoms with van der Waals surface area (Å²) in [6, 6.07) is 11.4. The van der Waals surface area contributed by atoms with Gasteiger partial charge in [-0.15, -0.1) is 0 Å². The van der Waals surface area contributed by atoms with Gasteiger partial charge in [-0.1, -0.05) is 41.6 Å². The molecule has 1 aromatic heterocycles. The van der Waals surface area contributed by atoms with E-state index >= 15 is 0 Å². The van der Waals surface area contributed by atoms with Crippen LogP contribution in [-0.2, 0) is 11.0 Å². The molecule has 0 unspecified atom stereocenters. The maximum atomic E-state index is 13.0. The van der Waals surface area contributed by atoms with Crippen molar-refractivity contribution in [2.24, 2.45) is 0 Å². The highest BCUT2D eigenvalue weighted by Crippen LogP contribution is 2.39. The molecule has 2 heterocycles. The fourth-order valence-electron chi connectivity index (χ4n) is 3.03. The maximum Gasteiger partial charge on any atom is 0.416 e. The zero-order chi connectivity index (χ0) is 23.9. The van der Waals surface area contributed by atoms with Crippen LogP contribution >= 0.6 is 35.6 Å². The van der Waals surface area contributed by atoms with E-state index in [4.69, 9.17) is 28.2 Å². The van der Waals surface area contributed by atoms with Crippen molar-refractivity contribution >= 4 is 63.3 Å². The third kappa shape index (κ3) is 4.65. The lowest BCUT2D eigenvalue weighted by Gasteiger charge is -2.16. The Hall–Kier alpha value is -3.15. The first-order valence-electron chi connectivity index (χ1n) is 9.04. The SMILES string of the molecule is O=C1/C(=C\c2ccc(-c3ccc([N+](=O)[O-])cc3Cl)o2)SC(=S)N1c1cccc(C(F)(F)F)c1. The smallest absolute Gasteiger partial charge is 0.416 e. The molecule has 0 radical (unpaired) electrons. The number of halogens is 4. The van der Waals surface area contributed by atoms with Crippen LogP contribution in [0.5, 0.6) is 0 Å². The monoisotopic (exact) mass is 510 g/mol. The Bertz CT molecular complexity index is 1340. The van der Waals surface area contributed by atoms with E-state index in [2.05, 4.69) is 0 Å². The molecule has 3 aromatic rings. The normalized spacial score (nSPS) is 15.5. The number of thioether (sulfide) groups is 1. The number of carbonyl (C=O) groups excluding carboxylic acids is 1. The molecule has 0 saturated carbocycles. The van der Waals surface area contributed by atoms with Crippen molar-refractivity contribution in [2.75, 3.05) is 4.90 Å². The highest BCUT2D eigenvalue weighted by Gasteiger charge is 2.36. The first-order chi connectivity index (χ1) is 15.5. The van der Waals surface area contributed by atoms with Gasteiger partial charge in [0.05, 0.1) is 26.1 Å². The summed E-state index contributed by atoms with van der Waals surface area (Å²) >= 11 is 12.2. The Labute approximate surface area is 198 Å². The van der Waals surface area contributed by atoms with Crippen LogP contribution in [0.25, 0.3) is 17.4 Å². The summed E-state index contributed by atoms with van der Waals surface area (Å²) in [6.07, 6.45) is -3.15. The van der Waals surface area contributed by atoms with E-state index in [0.29, 0.717) is 11.3 Å². The van der Waals surface area contributed by atoms with Crippen LogP contribution in [0.2, 0.25) is 5.02 Å². The number of alkyl halides is 3. The van der Waals surface area contributed by atoms with E-state index in [1.54, 1.807) is 12.1 Å². The molecule has 0 atom stereocenters. The van der Waals surface area contributed by atoms with Gasteiger partial charge >= 0.3 is 6.18 Å². The number of rotatable bonds is 4. The van der Waals surface area contributed by atoms with E-state index < -0.39 is 22.6 Å². The number of thiocarbonyl (C=S) groups is 1. The van der Waals surface area contributed by atoms with E-state index in [9.17, 15) is 28.1 Å². The minimum absolute atomic E-state index is 0.00789. The molecule has 1 amide bonds. The molecule has 6 nitrogen and oxygen atoms in total. The Balaban J connectivity index is 1.61. The molecule has 2 aromatic carbocycles. The van der Waals surface area contributed by atoms with E-state index in [1.165, 1.54) is 36.4 Å². The average molecular weight is 511 g/mol. The number of amides is 1. The maximum absolute atomic E-state index is 13.0. The average Bonchev–Trinajstić information content (AvgIpc) is 3.31. The quantitative estimate of drug-likeness (QED) is 0.164. The summed E-state index contributed by atoms with van der Waals surface area (Å²) < 4.78 is 44.9. The third-order valence-corrected chi connectivity index (χ3v) is 6.17. The molecule has 0 spiro atoms. The van der Waals surface area contributed by atoms with E-state index in [-0.39, 0.29) is 31.4 Å². The van der Waals surface area contributed by atoms with Gasteiger partial charge in [-0.3, -0.25) is 19.8 Å². The van der Waals surface area contributed by atoms with Gasteiger partial charge in [0.2, 0.25) is 0 Å². The van der Waals surface area contributed by atoms with Gasteiger partial charge in [0.1, 0.15) is 11.5 Å². The van der Waals surface area contributed by atoms with Crippen molar-refractivity contribution in [1.82, 2.24) is 0 Å². The minimum atomic E-state index is -4.56. The molecule has 4 rings (SSSR count). The second-order valence-electron chi connectivity index (χ2n) is 6.69. The number of hydrogen-bond donors (Lipinski definition) is 0. The van der Waals surface area contributed by atoms with Crippen LogP contribution in [-0.4, -0.2) is 15.2 Å². The molecule has 1 fully saturated rings. The minimum Gasteiger partial charge on any atom is -0.457 e. The Morgan fingerprint density at radius 1 is 1.15 bits per heavy atom. The lowest BCUT2D eigenvalue weighted by molar-refractivity contribution is -0.384. The van der Waals surface area contributed by atoms with Crippen molar-refractivity contribution < 1.29 is 27.3 Å². The first kappa shape index (κ1) is 23.0. The van der Waals surface area contributed by atoms with Crippen molar-refractivity contribution in [3.63, 3.8) is 0 Å². The molecule has 0 bridgehead atoms. The number of nitrogens with zero attached hydrogens (tertiary/aromatic N) is 2. The first-order valence-corrected chi connectivity index (χ1v) is 10.6. The molecular formula is C21H10ClF3N2O4S2. The van der Waals surface area contributed by atoms with Crippen LogP contribution < -0.4 is 4.90 Å². The Morgan fingerprint density at radius 2 is 1.91 bits per heavy atom. The Morgan fingerprint density at radius 3 is 2.58 bits per heavy atom. The van der Waals surface area contributed by atoms with Gasteiger partial charge in [0.25, 0.3) is 11.6 Å². The number of nitro benzene ring substituents is 1. The summed E-state index contributed by atoms with van der Waals surface area (Å²) in [4.78, 5) is 24.3. The van der Waals surface area contributed by atoms with Gasteiger partial charge in [-0.25, -0.2) is 0 Å². The van der Waals surface area contributed by atoms with Gasteiger partial charge in [-0.2, -0.15) is 13.2 Å². The van der Waals surface area contributed by atoms with E-state index in [0.717, 1.165) is 28.8 Å². The van der Waals surface area contributed by atoms with Gasteiger partial charge in [-0.05, 0) is 36.4 Å². The largest absolute Gasteiger partial charge is 0.457 e. The predicted octanol–water partition coefficient (Wildman–Crippen LogP) is 6.93. The van der Waals surface area contributed by atoms with Gasteiger partial charge in [0, 0.05) is 23.8 Å². The van der Waals surface area contributed by atoms with Crippen LogP contribution in [0.15, 0.2) is 63.9 Å². The van der Waals surface area contributed by atoms with Crippen LogP contribution in [0.4, 0.5) is 24.5 Å². The molecule has 33 heavy (non-hydrogen) atoms. The number of hydrogen-bond acceptors (Lipinski definition) is 6. The van der Waals surface area contributed by atoms with Crippen LogP contribution in [0.1, 0.15) is 11.3 Å². The zero-order valence-corrected chi connectivity index (χ0v) is 18.5.